The Bertz CT molecular complexity index is 275. The summed E-state index contributed by atoms with van der Waals surface area (Å²) in [7, 11) is 1.51. The van der Waals surface area contributed by atoms with Gasteiger partial charge in [-0.15, -0.1) is 0 Å². The molecule has 1 N–H and O–H groups in total. The molecule has 2 atom stereocenters. The topological polar surface area (TPSA) is 41.6 Å². The van der Waals surface area contributed by atoms with Crippen molar-refractivity contribution in [2.24, 2.45) is 5.92 Å². The number of carbonyl (C=O) groups excluding carboxylic acids is 1. The zero-order valence-corrected chi connectivity index (χ0v) is 13.0. The van der Waals surface area contributed by atoms with Crippen molar-refractivity contribution in [1.29, 1.82) is 0 Å². The minimum absolute atomic E-state index is 0.0581. The summed E-state index contributed by atoms with van der Waals surface area (Å²) in [6.45, 7) is 10.4. The average molecular weight is 270 g/mol. The molecule has 1 heterocycles. The zero-order chi connectivity index (χ0) is 14.3. The van der Waals surface area contributed by atoms with Gasteiger partial charge in [-0.05, 0) is 31.7 Å². The summed E-state index contributed by atoms with van der Waals surface area (Å²) in [5.41, 5.74) is -0.434. The second-order valence-corrected chi connectivity index (χ2v) is 5.68. The van der Waals surface area contributed by atoms with Gasteiger partial charge in [0.2, 0.25) is 0 Å². The van der Waals surface area contributed by atoms with Gasteiger partial charge in [0.15, 0.2) is 0 Å². The van der Waals surface area contributed by atoms with Crippen LogP contribution in [0.25, 0.3) is 0 Å². The first kappa shape index (κ1) is 16.4. The van der Waals surface area contributed by atoms with Crippen LogP contribution >= 0.6 is 0 Å². The fourth-order valence-corrected chi connectivity index (χ4v) is 3.04. The van der Waals surface area contributed by atoms with E-state index < -0.39 is 5.54 Å². The van der Waals surface area contributed by atoms with Gasteiger partial charge in [0, 0.05) is 19.6 Å². The van der Waals surface area contributed by atoms with Crippen molar-refractivity contribution < 1.29 is 9.53 Å². The smallest absolute Gasteiger partial charge is 0.326 e. The van der Waals surface area contributed by atoms with Gasteiger partial charge in [-0.3, -0.25) is 9.69 Å². The highest BCUT2D eigenvalue weighted by molar-refractivity contribution is 5.80. The third kappa shape index (κ3) is 3.93. The van der Waals surface area contributed by atoms with Crippen LogP contribution in [0.3, 0.4) is 0 Å². The number of methoxy groups -OCH3 is 1. The summed E-state index contributed by atoms with van der Waals surface area (Å²) in [6.07, 6.45) is 3.92. The van der Waals surface area contributed by atoms with Crippen molar-refractivity contribution in [3.05, 3.63) is 0 Å². The molecule has 4 nitrogen and oxygen atoms in total. The standard InChI is InChI=1S/C15H30N2O2/c1-5-13(3)12-15(6-2,14(18)19-4)17-10-7-8-16-9-11-17/h13,16H,5-12H2,1-4H3. The molecule has 0 amide bonds. The Labute approximate surface area is 117 Å². The van der Waals surface area contributed by atoms with Gasteiger partial charge in [0.05, 0.1) is 7.11 Å². The second kappa shape index (κ2) is 7.85. The number of ether oxygens (including phenoxy) is 1. The van der Waals surface area contributed by atoms with E-state index in [0.29, 0.717) is 5.92 Å². The lowest BCUT2D eigenvalue weighted by Crippen LogP contribution is -2.56. The van der Waals surface area contributed by atoms with Gasteiger partial charge in [0.25, 0.3) is 0 Å². The fourth-order valence-electron chi connectivity index (χ4n) is 3.04. The van der Waals surface area contributed by atoms with E-state index in [-0.39, 0.29) is 5.97 Å². The Balaban J connectivity index is 2.96. The summed E-state index contributed by atoms with van der Waals surface area (Å²) < 4.78 is 5.15. The van der Waals surface area contributed by atoms with Crippen LogP contribution in [-0.2, 0) is 9.53 Å². The maximum Gasteiger partial charge on any atom is 0.326 e. The number of rotatable bonds is 6. The van der Waals surface area contributed by atoms with Crippen LogP contribution in [0, 0.1) is 5.92 Å². The van der Waals surface area contributed by atoms with E-state index in [1.54, 1.807) is 0 Å². The molecule has 4 heteroatoms. The van der Waals surface area contributed by atoms with Gasteiger partial charge in [-0.25, -0.2) is 0 Å². The maximum atomic E-state index is 12.4. The Hall–Kier alpha value is -0.610. The van der Waals surface area contributed by atoms with Crippen LogP contribution in [0.15, 0.2) is 0 Å². The molecule has 0 aliphatic carbocycles. The lowest BCUT2D eigenvalue weighted by atomic mass is 9.82. The largest absolute Gasteiger partial charge is 0.468 e. The fraction of sp³-hybridized carbons (Fsp3) is 0.933. The molecule has 1 saturated heterocycles. The van der Waals surface area contributed by atoms with Crippen molar-refractivity contribution in [2.45, 2.75) is 52.0 Å². The predicted molar refractivity (Wildman–Crippen MR) is 78.2 cm³/mol. The molecule has 0 aromatic heterocycles. The molecule has 1 rings (SSSR count). The summed E-state index contributed by atoms with van der Waals surface area (Å²) >= 11 is 0. The van der Waals surface area contributed by atoms with Crippen LogP contribution < -0.4 is 5.32 Å². The van der Waals surface area contributed by atoms with Gasteiger partial charge >= 0.3 is 5.97 Å². The molecule has 0 aromatic rings. The van der Waals surface area contributed by atoms with Gasteiger partial charge in [-0.2, -0.15) is 0 Å². The first-order chi connectivity index (χ1) is 9.10. The lowest BCUT2D eigenvalue weighted by molar-refractivity contribution is -0.157. The van der Waals surface area contributed by atoms with Gasteiger partial charge in [-0.1, -0.05) is 27.2 Å². The Morgan fingerprint density at radius 2 is 2.11 bits per heavy atom. The molecule has 1 aliphatic rings. The number of hydrogen-bond donors (Lipinski definition) is 1. The zero-order valence-electron chi connectivity index (χ0n) is 13.0. The molecule has 0 spiro atoms. The lowest BCUT2D eigenvalue weighted by Gasteiger charge is -2.42. The number of nitrogens with one attached hydrogen (secondary N) is 1. The van der Waals surface area contributed by atoms with Crippen molar-refractivity contribution in [2.75, 3.05) is 33.3 Å². The summed E-state index contributed by atoms with van der Waals surface area (Å²) in [5, 5.41) is 3.40. The monoisotopic (exact) mass is 270 g/mol. The highest BCUT2D eigenvalue weighted by Crippen LogP contribution is 2.31. The molecule has 0 bridgehead atoms. The molecular weight excluding hydrogens is 240 g/mol. The van der Waals surface area contributed by atoms with Crippen LogP contribution in [0.4, 0.5) is 0 Å². The van der Waals surface area contributed by atoms with Gasteiger partial charge in [0.1, 0.15) is 5.54 Å². The minimum atomic E-state index is -0.434. The van der Waals surface area contributed by atoms with Crippen LogP contribution in [0.2, 0.25) is 0 Å². The number of nitrogens with zero attached hydrogens (tertiary/aromatic N) is 1. The van der Waals surface area contributed by atoms with E-state index in [9.17, 15) is 4.79 Å². The Morgan fingerprint density at radius 1 is 1.37 bits per heavy atom. The number of esters is 1. The van der Waals surface area contributed by atoms with E-state index in [4.69, 9.17) is 4.74 Å². The first-order valence-corrected chi connectivity index (χ1v) is 7.64. The van der Waals surface area contributed by atoms with Crippen LogP contribution in [0.1, 0.15) is 46.5 Å². The molecule has 112 valence electrons. The number of carbonyl (C=O) groups is 1. The van der Waals surface area contributed by atoms with Crippen molar-refractivity contribution in [3.63, 3.8) is 0 Å². The van der Waals surface area contributed by atoms with Crippen LogP contribution in [0.5, 0.6) is 0 Å². The Kier molecular flexibility index (Phi) is 6.80. The molecule has 1 fully saturated rings. The van der Waals surface area contributed by atoms with E-state index in [1.165, 1.54) is 7.11 Å². The molecule has 0 saturated carbocycles. The third-order valence-corrected chi connectivity index (χ3v) is 4.48. The maximum absolute atomic E-state index is 12.4. The highest BCUT2D eigenvalue weighted by atomic mass is 16.5. The van der Waals surface area contributed by atoms with Crippen molar-refractivity contribution >= 4 is 5.97 Å². The summed E-state index contributed by atoms with van der Waals surface area (Å²) in [6, 6.07) is 0. The van der Waals surface area contributed by atoms with E-state index >= 15 is 0 Å². The SMILES string of the molecule is CCC(C)CC(CC)(C(=O)OC)N1CCCNCC1. The van der Waals surface area contributed by atoms with Crippen LogP contribution in [-0.4, -0.2) is 49.7 Å². The molecule has 0 aromatic carbocycles. The minimum Gasteiger partial charge on any atom is -0.468 e. The molecule has 19 heavy (non-hydrogen) atoms. The predicted octanol–water partition coefficient (Wildman–Crippen LogP) is 2.04. The second-order valence-electron chi connectivity index (χ2n) is 5.68. The number of hydrogen-bond acceptors (Lipinski definition) is 4. The van der Waals surface area contributed by atoms with Crippen molar-refractivity contribution in [1.82, 2.24) is 10.2 Å². The highest BCUT2D eigenvalue weighted by Gasteiger charge is 2.44. The quantitative estimate of drug-likeness (QED) is 0.750. The molecule has 0 radical (unpaired) electrons. The first-order valence-electron chi connectivity index (χ1n) is 7.64. The molecular formula is C15H30N2O2. The summed E-state index contributed by atoms with van der Waals surface area (Å²) in [5.74, 6) is 0.479. The Morgan fingerprint density at radius 3 is 2.68 bits per heavy atom. The van der Waals surface area contributed by atoms with E-state index in [1.807, 2.05) is 0 Å². The molecule has 2 unspecified atom stereocenters. The van der Waals surface area contributed by atoms with E-state index in [2.05, 4.69) is 31.0 Å². The average Bonchev–Trinajstić information content (AvgIpc) is 2.73. The summed E-state index contributed by atoms with van der Waals surface area (Å²) in [4.78, 5) is 14.8. The van der Waals surface area contributed by atoms with Gasteiger partial charge < -0.3 is 10.1 Å². The third-order valence-electron chi connectivity index (χ3n) is 4.48. The van der Waals surface area contributed by atoms with E-state index in [0.717, 1.165) is 51.9 Å². The molecule has 1 aliphatic heterocycles. The normalized spacial score (nSPS) is 22.3. The van der Waals surface area contributed by atoms with Crippen molar-refractivity contribution in [3.8, 4) is 0 Å².